The highest BCUT2D eigenvalue weighted by Gasteiger charge is 2.30. The molecule has 0 aromatic carbocycles. The maximum absolute atomic E-state index is 5.77. The first-order valence-corrected chi connectivity index (χ1v) is 7.42. The fourth-order valence-electron chi connectivity index (χ4n) is 3.29. The van der Waals surface area contributed by atoms with Crippen molar-refractivity contribution in [1.29, 1.82) is 0 Å². The van der Waals surface area contributed by atoms with Crippen LogP contribution in [0.2, 0.25) is 0 Å². The Labute approximate surface area is 110 Å². The highest BCUT2D eigenvalue weighted by molar-refractivity contribution is 5.07. The fourth-order valence-corrected chi connectivity index (χ4v) is 3.29. The van der Waals surface area contributed by atoms with Crippen LogP contribution in [0.15, 0.2) is 12.4 Å². The molecule has 3 heteroatoms. The summed E-state index contributed by atoms with van der Waals surface area (Å²) >= 11 is 0. The lowest BCUT2D eigenvalue weighted by molar-refractivity contribution is 0.0236. The number of rotatable bonds is 5. The molecule has 0 bridgehead atoms. The van der Waals surface area contributed by atoms with Crippen LogP contribution in [0.5, 0.6) is 0 Å². The molecule has 1 heterocycles. The first-order valence-electron chi connectivity index (χ1n) is 7.42. The summed E-state index contributed by atoms with van der Waals surface area (Å²) in [5.74, 6) is 2.76. The monoisotopic (exact) mass is 248 g/mol. The van der Waals surface area contributed by atoms with Crippen molar-refractivity contribution in [2.45, 2.75) is 63.5 Å². The highest BCUT2D eigenvalue weighted by atomic mass is 16.5. The second-order valence-electron chi connectivity index (χ2n) is 5.88. The van der Waals surface area contributed by atoms with E-state index in [1.54, 1.807) is 0 Å². The minimum Gasteiger partial charge on any atom is -0.379 e. The Balaban J connectivity index is 1.66. The van der Waals surface area contributed by atoms with Gasteiger partial charge in [-0.2, -0.15) is 0 Å². The van der Waals surface area contributed by atoms with Crippen molar-refractivity contribution < 1.29 is 4.74 Å². The molecule has 0 aliphatic heterocycles. The van der Waals surface area contributed by atoms with Crippen LogP contribution in [0.3, 0.4) is 0 Å². The second-order valence-corrected chi connectivity index (χ2v) is 5.88. The molecule has 1 atom stereocenters. The van der Waals surface area contributed by atoms with Crippen molar-refractivity contribution in [1.82, 2.24) is 9.55 Å². The van der Waals surface area contributed by atoms with Gasteiger partial charge >= 0.3 is 0 Å². The zero-order chi connectivity index (χ0) is 12.4. The zero-order valence-corrected chi connectivity index (χ0v) is 11.3. The van der Waals surface area contributed by atoms with E-state index >= 15 is 0 Å². The van der Waals surface area contributed by atoms with Crippen LogP contribution >= 0.6 is 0 Å². The van der Waals surface area contributed by atoms with E-state index in [4.69, 9.17) is 4.74 Å². The van der Waals surface area contributed by atoms with Crippen molar-refractivity contribution in [3.63, 3.8) is 0 Å². The van der Waals surface area contributed by atoms with Gasteiger partial charge in [-0.3, -0.25) is 0 Å². The molecule has 1 aromatic rings. The Morgan fingerprint density at radius 3 is 2.72 bits per heavy atom. The standard InChI is InChI=1S/C15H24N2O/c1-18-14(12-5-3-2-4-6-12)11-17-10-9-16-15(17)13-7-8-13/h9-10,12-14H,2-8,11H2,1H3. The van der Waals surface area contributed by atoms with Crippen LogP contribution in [0.4, 0.5) is 0 Å². The van der Waals surface area contributed by atoms with Gasteiger partial charge in [0.25, 0.3) is 0 Å². The molecule has 3 nitrogen and oxygen atoms in total. The van der Waals surface area contributed by atoms with Gasteiger partial charge in [-0.25, -0.2) is 4.98 Å². The molecule has 2 fully saturated rings. The number of ether oxygens (including phenoxy) is 1. The predicted molar refractivity (Wildman–Crippen MR) is 71.6 cm³/mol. The molecule has 0 N–H and O–H groups in total. The van der Waals surface area contributed by atoms with Gasteiger partial charge in [-0.1, -0.05) is 19.3 Å². The third-order valence-electron chi connectivity index (χ3n) is 4.55. The Hall–Kier alpha value is -0.830. The van der Waals surface area contributed by atoms with Gasteiger partial charge in [0.1, 0.15) is 5.82 Å². The van der Waals surface area contributed by atoms with E-state index in [0.29, 0.717) is 6.10 Å². The number of hydrogen-bond donors (Lipinski definition) is 0. The molecular formula is C15H24N2O. The van der Waals surface area contributed by atoms with Gasteiger partial charge in [0, 0.05) is 25.4 Å². The molecule has 2 aliphatic rings. The molecule has 1 aromatic heterocycles. The Kier molecular flexibility index (Phi) is 3.69. The molecule has 2 saturated carbocycles. The fraction of sp³-hybridized carbons (Fsp3) is 0.800. The third kappa shape index (κ3) is 2.61. The SMILES string of the molecule is COC(Cn1ccnc1C1CC1)C1CCCCC1. The van der Waals surface area contributed by atoms with E-state index in [1.165, 1.54) is 50.8 Å². The van der Waals surface area contributed by atoms with Crippen LogP contribution in [-0.2, 0) is 11.3 Å². The highest BCUT2D eigenvalue weighted by Crippen LogP contribution is 2.39. The average molecular weight is 248 g/mol. The van der Waals surface area contributed by atoms with Crippen LogP contribution < -0.4 is 0 Å². The van der Waals surface area contributed by atoms with Gasteiger partial charge in [-0.15, -0.1) is 0 Å². The first kappa shape index (κ1) is 12.2. The average Bonchev–Trinajstić information content (AvgIpc) is 3.17. The van der Waals surface area contributed by atoms with E-state index in [2.05, 4.69) is 15.7 Å². The molecular weight excluding hydrogens is 224 g/mol. The summed E-state index contributed by atoms with van der Waals surface area (Å²) < 4.78 is 8.10. The lowest BCUT2D eigenvalue weighted by Gasteiger charge is -2.29. The van der Waals surface area contributed by atoms with E-state index in [1.807, 2.05) is 13.3 Å². The number of imidazole rings is 1. The summed E-state index contributed by atoms with van der Waals surface area (Å²) in [6, 6.07) is 0. The summed E-state index contributed by atoms with van der Waals surface area (Å²) in [7, 11) is 1.87. The van der Waals surface area contributed by atoms with Gasteiger partial charge < -0.3 is 9.30 Å². The normalized spacial score (nSPS) is 23.2. The molecule has 0 amide bonds. The molecule has 1 unspecified atom stereocenters. The number of hydrogen-bond acceptors (Lipinski definition) is 2. The largest absolute Gasteiger partial charge is 0.379 e. The molecule has 100 valence electrons. The Morgan fingerprint density at radius 1 is 1.28 bits per heavy atom. The zero-order valence-electron chi connectivity index (χ0n) is 11.3. The van der Waals surface area contributed by atoms with Crippen molar-refractivity contribution in [2.75, 3.05) is 7.11 Å². The number of nitrogens with zero attached hydrogens (tertiary/aromatic N) is 2. The molecule has 0 saturated heterocycles. The molecule has 3 rings (SSSR count). The molecule has 2 aliphatic carbocycles. The maximum Gasteiger partial charge on any atom is 0.111 e. The van der Waals surface area contributed by atoms with E-state index in [-0.39, 0.29) is 0 Å². The summed E-state index contributed by atoms with van der Waals surface area (Å²) in [5, 5.41) is 0. The quantitative estimate of drug-likeness (QED) is 0.799. The lowest BCUT2D eigenvalue weighted by atomic mass is 9.85. The number of methoxy groups -OCH3 is 1. The smallest absolute Gasteiger partial charge is 0.111 e. The van der Waals surface area contributed by atoms with Gasteiger partial charge in [0.15, 0.2) is 0 Å². The third-order valence-corrected chi connectivity index (χ3v) is 4.55. The van der Waals surface area contributed by atoms with Crippen LogP contribution in [0.25, 0.3) is 0 Å². The minimum absolute atomic E-state index is 0.372. The van der Waals surface area contributed by atoms with E-state index < -0.39 is 0 Å². The number of aromatic nitrogens is 2. The summed E-state index contributed by atoms with van der Waals surface area (Å²) in [4.78, 5) is 4.52. The predicted octanol–water partition coefficient (Wildman–Crippen LogP) is 3.36. The van der Waals surface area contributed by atoms with Crippen LogP contribution in [0, 0.1) is 5.92 Å². The van der Waals surface area contributed by atoms with Gasteiger partial charge in [0.2, 0.25) is 0 Å². The van der Waals surface area contributed by atoms with Crippen molar-refractivity contribution in [2.24, 2.45) is 5.92 Å². The second kappa shape index (κ2) is 5.43. The van der Waals surface area contributed by atoms with Crippen molar-refractivity contribution in [3.05, 3.63) is 18.2 Å². The molecule has 0 spiro atoms. The maximum atomic E-state index is 5.77. The summed E-state index contributed by atoms with van der Waals surface area (Å²) in [6.45, 7) is 0.993. The molecule has 18 heavy (non-hydrogen) atoms. The topological polar surface area (TPSA) is 27.1 Å². The summed E-state index contributed by atoms with van der Waals surface area (Å²) in [5.41, 5.74) is 0. The Morgan fingerprint density at radius 2 is 2.06 bits per heavy atom. The van der Waals surface area contributed by atoms with Crippen LogP contribution in [0.1, 0.15) is 56.7 Å². The summed E-state index contributed by atoms with van der Waals surface area (Å²) in [6.07, 6.45) is 13.9. The first-order chi connectivity index (χ1) is 8.88. The molecule has 0 radical (unpaired) electrons. The van der Waals surface area contributed by atoms with E-state index in [9.17, 15) is 0 Å². The van der Waals surface area contributed by atoms with Crippen molar-refractivity contribution in [3.8, 4) is 0 Å². The van der Waals surface area contributed by atoms with Crippen molar-refractivity contribution >= 4 is 0 Å². The lowest BCUT2D eigenvalue weighted by Crippen LogP contribution is -2.30. The Bertz CT molecular complexity index is 378. The minimum atomic E-state index is 0.372. The van der Waals surface area contributed by atoms with Gasteiger partial charge in [0.05, 0.1) is 12.6 Å². The van der Waals surface area contributed by atoms with Crippen LogP contribution in [-0.4, -0.2) is 22.8 Å². The van der Waals surface area contributed by atoms with E-state index in [0.717, 1.165) is 18.4 Å². The van der Waals surface area contributed by atoms with Gasteiger partial charge in [-0.05, 0) is 31.6 Å².